The zero-order chi connectivity index (χ0) is 42.5. The summed E-state index contributed by atoms with van der Waals surface area (Å²) in [5, 5.41) is 35.4. The van der Waals surface area contributed by atoms with Crippen molar-refractivity contribution in [3.8, 4) is 12.1 Å². The minimum Gasteiger partial charge on any atom is -0.338 e. The van der Waals surface area contributed by atoms with Gasteiger partial charge in [0, 0.05) is 23.8 Å². The Kier molecular flexibility index (Phi) is 12.6. The lowest BCUT2D eigenvalue weighted by Crippen LogP contribution is -2.23. The molecule has 4 aromatic heterocycles. The molecular formula is C42H44F4N12O2. The van der Waals surface area contributed by atoms with Crippen molar-refractivity contribution < 1.29 is 17.6 Å². The summed E-state index contributed by atoms with van der Waals surface area (Å²) in [5.74, 6) is 0.397. The third-order valence-electron chi connectivity index (χ3n) is 11.3. The van der Waals surface area contributed by atoms with Crippen LogP contribution in [0.4, 0.5) is 40.6 Å². The number of nitriles is 2. The molecule has 2 aliphatic rings. The fourth-order valence-electron chi connectivity index (χ4n) is 8.13. The van der Waals surface area contributed by atoms with Gasteiger partial charge in [0.25, 0.3) is 24.0 Å². The number of nitrogens with two attached hydrogens (primary N) is 2. The second-order valence-corrected chi connectivity index (χ2v) is 15.1. The quantitative estimate of drug-likeness (QED) is 0.0731. The largest absolute Gasteiger partial charge is 0.338 e. The first-order valence-electron chi connectivity index (χ1n) is 19.8. The number of nitrogens with zero attached hydrogens (tertiary/aromatic N) is 6. The zero-order valence-corrected chi connectivity index (χ0v) is 32.4. The average molecular weight is 825 g/mol. The summed E-state index contributed by atoms with van der Waals surface area (Å²) in [4.78, 5) is 30.4. The second-order valence-electron chi connectivity index (χ2n) is 15.1. The normalized spacial score (nSPS) is 20.2. The summed E-state index contributed by atoms with van der Waals surface area (Å²) in [5.41, 5.74) is 13.5. The van der Waals surface area contributed by atoms with Crippen molar-refractivity contribution >= 4 is 44.8 Å². The van der Waals surface area contributed by atoms with Gasteiger partial charge in [-0.05, 0) is 73.2 Å². The zero-order valence-electron chi connectivity index (χ0n) is 32.4. The van der Waals surface area contributed by atoms with E-state index < -0.39 is 24.9 Å². The van der Waals surface area contributed by atoms with Gasteiger partial charge in [-0.1, -0.05) is 49.9 Å². The van der Waals surface area contributed by atoms with E-state index in [0.29, 0.717) is 55.9 Å². The van der Waals surface area contributed by atoms with Crippen molar-refractivity contribution in [2.75, 3.05) is 10.6 Å². The number of hydrogen-bond acceptors (Lipinski definition) is 10. The number of anilines is 4. The van der Waals surface area contributed by atoms with Crippen LogP contribution < -0.4 is 33.2 Å². The van der Waals surface area contributed by atoms with Crippen LogP contribution in [0.1, 0.15) is 86.7 Å². The van der Waals surface area contributed by atoms with E-state index in [1.807, 2.05) is 0 Å². The van der Waals surface area contributed by atoms with E-state index in [1.165, 1.54) is 24.3 Å². The highest BCUT2D eigenvalue weighted by molar-refractivity contribution is 5.92. The highest BCUT2D eigenvalue weighted by Crippen LogP contribution is 2.38. The fourth-order valence-corrected chi connectivity index (χ4v) is 8.13. The molecule has 0 saturated heterocycles. The molecule has 2 saturated carbocycles. The molecule has 60 heavy (non-hydrogen) atoms. The first kappa shape index (κ1) is 41.7. The van der Waals surface area contributed by atoms with Crippen LogP contribution in [0.5, 0.6) is 0 Å². The molecule has 4 heterocycles. The Hall–Kier alpha value is -6.50. The number of halogens is 4. The van der Waals surface area contributed by atoms with Crippen LogP contribution in [0.15, 0.2) is 82.6 Å². The van der Waals surface area contributed by atoms with Gasteiger partial charge >= 0.3 is 0 Å². The number of aromatic amines is 2. The Balaban J connectivity index is 0.000000181. The molecule has 6 atom stereocenters. The first-order valence-corrected chi connectivity index (χ1v) is 19.8. The lowest BCUT2D eigenvalue weighted by atomic mass is 9.85. The maximum absolute atomic E-state index is 12.8. The lowest BCUT2D eigenvalue weighted by molar-refractivity contribution is 0.116. The fraction of sp³-hybridized carbons (Fsp3) is 0.381. The number of aromatic nitrogens is 6. The molecule has 18 heteroatoms. The van der Waals surface area contributed by atoms with Crippen molar-refractivity contribution in [2.45, 2.75) is 88.4 Å². The van der Waals surface area contributed by atoms with Gasteiger partial charge in [0.05, 0.1) is 59.2 Å². The molecule has 0 bridgehead atoms. The number of alkyl halides is 4. The third kappa shape index (κ3) is 8.61. The Morgan fingerprint density at radius 1 is 0.617 bits per heavy atom. The van der Waals surface area contributed by atoms with Crippen LogP contribution >= 0.6 is 0 Å². The van der Waals surface area contributed by atoms with Gasteiger partial charge in [-0.3, -0.25) is 19.0 Å². The summed E-state index contributed by atoms with van der Waals surface area (Å²) in [7, 11) is 0. The van der Waals surface area contributed by atoms with Crippen LogP contribution in [-0.4, -0.2) is 42.4 Å². The molecule has 6 aromatic rings. The number of rotatable bonds is 10. The Labute approximate surface area is 341 Å². The molecule has 8 N–H and O–H groups in total. The van der Waals surface area contributed by atoms with Crippen molar-refractivity contribution in [3.63, 3.8) is 0 Å². The van der Waals surface area contributed by atoms with Gasteiger partial charge in [0.15, 0.2) is 11.6 Å². The van der Waals surface area contributed by atoms with E-state index in [0.717, 1.165) is 51.4 Å². The smallest absolute Gasteiger partial charge is 0.261 e. The van der Waals surface area contributed by atoms with Gasteiger partial charge in [-0.15, -0.1) is 0 Å². The van der Waals surface area contributed by atoms with Crippen molar-refractivity contribution in [1.29, 1.82) is 10.5 Å². The number of hydrogen-bond donors (Lipinski definition) is 6. The minimum absolute atomic E-state index is 0.102. The molecule has 2 unspecified atom stereocenters. The van der Waals surface area contributed by atoms with E-state index in [2.05, 4.69) is 42.9 Å². The topological polar surface area (TPSA) is 225 Å². The van der Waals surface area contributed by atoms with Crippen molar-refractivity contribution in [1.82, 2.24) is 29.5 Å². The standard InChI is InChI=1S/2C21H22F2N6O/c2*22-19(23)18(25)12-5-7-14(8-6-12)27-20-17-16(9-10-26-21(17)30)29(28-20)15-4-2-1-3-13(15)11-24/h2*5-10,13,15,18-19H,1-4,25H2,(H,26,30)(H,27,28)/t2*13-,15+,18?/m11/s1. The molecule has 0 aliphatic heterocycles. The van der Waals surface area contributed by atoms with Gasteiger partial charge < -0.3 is 32.1 Å². The number of benzene rings is 2. The highest BCUT2D eigenvalue weighted by atomic mass is 19.3. The number of pyridine rings is 2. The third-order valence-corrected chi connectivity index (χ3v) is 11.3. The number of fused-ring (bicyclic) bond motifs is 2. The predicted molar refractivity (Wildman–Crippen MR) is 219 cm³/mol. The van der Waals surface area contributed by atoms with Crippen LogP contribution in [0.3, 0.4) is 0 Å². The van der Waals surface area contributed by atoms with E-state index in [9.17, 15) is 37.7 Å². The predicted octanol–water partition coefficient (Wildman–Crippen LogP) is 7.98. The van der Waals surface area contributed by atoms with Crippen LogP contribution in [0.25, 0.3) is 21.8 Å². The van der Waals surface area contributed by atoms with Gasteiger partial charge in [0.1, 0.15) is 10.8 Å². The summed E-state index contributed by atoms with van der Waals surface area (Å²) >= 11 is 0. The number of H-pyrrole nitrogens is 2. The molecule has 14 nitrogen and oxygen atoms in total. The Morgan fingerprint density at radius 2 is 0.983 bits per heavy atom. The molecule has 8 rings (SSSR count). The van der Waals surface area contributed by atoms with Gasteiger partial charge in [-0.2, -0.15) is 20.7 Å². The van der Waals surface area contributed by atoms with Crippen molar-refractivity contribution in [3.05, 3.63) is 105 Å². The molecule has 312 valence electrons. The van der Waals surface area contributed by atoms with E-state index >= 15 is 0 Å². The molecule has 2 aromatic carbocycles. The summed E-state index contributed by atoms with van der Waals surface area (Å²) in [6, 6.07) is 18.0. The average Bonchev–Trinajstić information content (AvgIpc) is 3.83. The summed E-state index contributed by atoms with van der Waals surface area (Å²) in [6.07, 6.45) is 5.11. The molecule has 0 amide bonds. The second kappa shape index (κ2) is 18.2. The van der Waals surface area contributed by atoms with Crippen LogP contribution in [0, 0.1) is 34.5 Å². The monoisotopic (exact) mass is 824 g/mol. The van der Waals surface area contributed by atoms with Crippen LogP contribution in [-0.2, 0) is 0 Å². The molecule has 0 radical (unpaired) electrons. The van der Waals surface area contributed by atoms with E-state index in [-0.39, 0.29) is 35.0 Å². The molecule has 2 fully saturated rings. The Bertz CT molecular complexity index is 2440. The highest BCUT2D eigenvalue weighted by Gasteiger charge is 2.31. The maximum Gasteiger partial charge on any atom is 0.261 e. The Morgan fingerprint density at radius 3 is 1.33 bits per heavy atom. The number of nitrogens with one attached hydrogen (secondary N) is 4. The molecule has 2 aliphatic carbocycles. The first-order chi connectivity index (χ1) is 29.0. The van der Waals surface area contributed by atoms with Crippen molar-refractivity contribution in [2.24, 2.45) is 23.3 Å². The lowest BCUT2D eigenvalue weighted by Gasteiger charge is -2.27. The SMILES string of the molecule is N#C[C@H]1CCCC[C@@H]1n1nc(Nc2ccc(C(N)C(F)F)cc2)c2c(=O)[nH]ccc21.N#C[C@H]1CCCC[C@@H]1n1nc(Nc2ccc(C(N)C(F)F)cc2)c2c(=O)[nH]ccc21. The summed E-state index contributed by atoms with van der Waals surface area (Å²) < 4.78 is 54.8. The maximum atomic E-state index is 12.8. The van der Waals surface area contributed by atoms with E-state index in [4.69, 9.17) is 11.5 Å². The van der Waals surface area contributed by atoms with Crippen LogP contribution in [0.2, 0.25) is 0 Å². The minimum atomic E-state index is -2.65. The van der Waals surface area contributed by atoms with Gasteiger partial charge in [-0.25, -0.2) is 17.6 Å². The summed E-state index contributed by atoms with van der Waals surface area (Å²) in [6.45, 7) is 0. The molecular weight excluding hydrogens is 781 g/mol. The molecule has 0 spiro atoms. The van der Waals surface area contributed by atoms with Gasteiger partial charge in [0.2, 0.25) is 0 Å². The van der Waals surface area contributed by atoms with E-state index in [1.54, 1.807) is 58.2 Å².